The highest BCUT2D eigenvalue weighted by Crippen LogP contribution is 2.23. The molecule has 3 heteroatoms. The SMILES string of the molecule is CCCCCCCCOC(CI)c1ccccc1F. The summed E-state index contributed by atoms with van der Waals surface area (Å²) in [4.78, 5) is 0. The van der Waals surface area contributed by atoms with Crippen molar-refractivity contribution in [1.82, 2.24) is 0 Å². The van der Waals surface area contributed by atoms with Crippen molar-refractivity contribution in [2.24, 2.45) is 0 Å². The monoisotopic (exact) mass is 378 g/mol. The molecule has 0 bridgehead atoms. The van der Waals surface area contributed by atoms with E-state index in [2.05, 4.69) is 29.5 Å². The first kappa shape index (κ1) is 16.9. The highest BCUT2D eigenvalue weighted by atomic mass is 127. The Morgan fingerprint density at radius 2 is 1.79 bits per heavy atom. The fourth-order valence-corrected chi connectivity index (χ4v) is 2.79. The maximum Gasteiger partial charge on any atom is 0.129 e. The highest BCUT2D eigenvalue weighted by Gasteiger charge is 2.14. The smallest absolute Gasteiger partial charge is 0.129 e. The molecule has 0 aliphatic rings. The molecule has 1 rings (SSSR count). The minimum absolute atomic E-state index is 0.113. The first-order valence-corrected chi connectivity index (χ1v) is 8.74. The Kier molecular flexibility index (Phi) is 9.43. The zero-order valence-electron chi connectivity index (χ0n) is 11.7. The van der Waals surface area contributed by atoms with Crippen LogP contribution in [0.5, 0.6) is 0 Å². The number of ether oxygens (including phenoxy) is 1. The number of hydrogen-bond acceptors (Lipinski definition) is 1. The molecule has 1 aromatic rings. The number of unbranched alkanes of at least 4 members (excludes halogenated alkanes) is 5. The lowest BCUT2D eigenvalue weighted by Gasteiger charge is -2.16. The van der Waals surface area contributed by atoms with E-state index in [0.29, 0.717) is 5.56 Å². The van der Waals surface area contributed by atoms with Crippen LogP contribution >= 0.6 is 22.6 Å². The number of alkyl halides is 1. The van der Waals surface area contributed by atoms with Crippen molar-refractivity contribution >= 4 is 22.6 Å². The molecule has 0 spiro atoms. The Balaban J connectivity index is 2.24. The Morgan fingerprint density at radius 1 is 1.11 bits per heavy atom. The summed E-state index contributed by atoms with van der Waals surface area (Å²) in [6, 6.07) is 6.91. The summed E-state index contributed by atoms with van der Waals surface area (Å²) < 4.78 is 20.3. The zero-order chi connectivity index (χ0) is 13.9. The van der Waals surface area contributed by atoms with Crippen LogP contribution < -0.4 is 0 Å². The maximum atomic E-state index is 13.7. The van der Waals surface area contributed by atoms with Gasteiger partial charge >= 0.3 is 0 Å². The number of halogens is 2. The third-order valence-electron chi connectivity index (χ3n) is 3.21. The van der Waals surface area contributed by atoms with Gasteiger partial charge in [-0.1, -0.05) is 79.8 Å². The molecule has 1 atom stereocenters. The average molecular weight is 378 g/mol. The van der Waals surface area contributed by atoms with Crippen LogP contribution in [0.15, 0.2) is 24.3 Å². The average Bonchev–Trinajstić information content (AvgIpc) is 2.43. The van der Waals surface area contributed by atoms with Crippen LogP contribution in [0.25, 0.3) is 0 Å². The summed E-state index contributed by atoms with van der Waals surface area (Å²) in [5.74, 6) is -0.160. The summed E-state index contributed by atoms with van der Waals surface area (Å²) in [5, 5.41) is 0. The molecule has 1 nitrogen and oxygen atoms in total. The normalized spacial score (nSPS) is 12.6. The quantitative estimate of drug-likeness (QED) is 0.289. The van der Waals surface area contributed by atoms with Gasteiger partial charge < -0.3 is 4.74 Å². The zero-order valence-corrected chi connectivity index (χ0v) is 13.9. The fraction of sp³-hybridized carbons (Fsp3) is 0.625. The molecule has 0 saturated heterocycles. The van der Waals surface area contributed by atoms with E-state index < -0.39 is 0 Å². The van der Waals surface area contributed by atoms with Crippen molar-refractivity contribution in [2.75, 3.05) is 11.0 Å². The van der Waals surface area contributed by atoms with Gasteiger partial charge in [0.25, 0.3) is 0 Å². The summed E-state index contributed by atoms with van der Waals surface area (Å²) >= 11 is 2.26. The van der Waals surface area contributed by atoms with Gasteiger partial charge in [-0.3, -0.25) is 0 Å². The summed E-state index contributed by atoms with van der Waals surface area (Å²) in [7, 11) is 0. The molecule has 0 aliphatic carbocycles. The van der Waals surface area contributed by atoms with Gasteiger partial charge in [0, 0.05) is 16.6 Å². The van der Waals surface area contributed by atoms with Crippen molar-refractivity contribution in [3.8, 4) is 0 Å². The highest BCUT2D eigenvalue weighted by molar-refractivity contribution is 14.1. The Labute approximate surface area is 130 Å². The van der Waals surface area contributed by atoms with E-state index >= 15 is 0 Å². The molecular weight excluding hydrogens is 354 g/mol. The van der Waals surface area contributed by atoms with Gasteiger partial charge in [-0.2, -0.15) is 0 Å². The van der Waals surface area contributed by atoms with Crippen LogP contribution in [0, 0.1) is 5.82 Å². The van der Waals surface area contributed by atoms with Crippen LogP contribution in [-0.2, 0) is 4.74 Å². The molecule has 0 amide bonds. The van der Waals surface area contributed by atoms with Gasteiger partial charge in [0.2, 0.25) is 0 Å². The Morgan fingerprint density at radius 3 is 2.47 bits per heavy atom. The van der Waals surface area contributed by atoms with Gasteiger partial charge in [-0.15, -0.1) is 0 Å². The molecule has 0 aromatic heterocycles. The van der Waals surface area contributed by atoms with Crippen molar-refractivity contribution in [1.29, 1.82) is 0 Å². The predicted molar refractivity (Wildman–Crippen MR) is 87.4 cm³/mol. The fourth-order valence-electron chi connectivity index (χ4n) is 2.06. The molecule has 108 valence electrons. The van der Waals surface area contributed by atoms with Crippen molar-refractivity contribution in [3.63, 3.8) is 0 Å². The second kappa shape index (κ2) is 10.6. The lowest BCUT2D eigenvalue weighted by molar-refractivity contribution is 0.0655. The van der Waals surface area contributed by atoms with E-state index in [1.807, 2.05) is 12.1 Å². The largest absolute Gasteiger partial charge is 0.373 e. The molecule has 19 heavy (non-hydrogen) atoms. The van der Waals surface area contributed by atoms with Crippen LogP contribution in [-0.4, -0.2) is 11.0 Å². The lowest BCUT2D eigenvalue weighted by atomic mass is 10.1. The van der Waals surface area contributed by atoms with Gasteiger partial charge in [-0.25, -0.2) is 4.39 Å². The number of rotatable bonds is 10. The van der Waals surface area contributed by atoms with E-state index in [1.54, 1.807) is 6.07 Å². The molecular formula is C16H24FIO. The molecule has 0 fully saturated rings. The van der Waals surface area contributed by atoms with E-state index in [1.165, 1.54) is 38.2 Å². The van der Waals surface area contributed by atoms with Crippen molar-refractivity contribution in [3.05, 3.63) is 35.6 Å². The third kappa shape index (κ3) is 6.70. The number of hydrogen-bond donors (Lipinski definition) is 0. The van der Waals surface area contributed by atoms with Crippen LogP contribution in [0.1, 0.15) is 57.1 Å². The first-order valence-electron chi connectivity index (χ1n) is 7.21. The van der Waals surface area contributed by atoms with E-state index in [9.17, 15) is 4.39 Å². The predicted octanol–water partition coefficient (Wildman–Crippen LogP) is 5.68. The van der Waals surface area contributed by atoms with Gasteiger partial charge in [0.1, 0.15) is 5.82 Å². The van der Waals surface area contributed by atoms with E-state index in [-0.39, 0.29) is 11.9 Å². The minimum atomic E-state index is -0.160. The maximum absolute atomic E-state index is 13.7. The third-order valence-corrected chi connectivity index (χ3v) is 4.01. The van der Waals surface area contributed by atoms with Gasteiger partial charge in [0.05, 0.1) is 6.10 Å². The standard InChI is InChI=1S/C16H24FIO/c1-2-3-4-5-6-9-12-19-16(13-18)14-10-7-8-11-15(14)17/h7-8,10-11,16H,2-6,9,12-13H2,1H3. The van der Waals surface area contributed by atoms with E-state index in [0.717, 1.165) is 17.5 Å². The molecule has 0 N–H and O–H groups in total. The second-order valence-electron chi connectivity index (χ2n) is 4.80. The molecule has 0 radical (unpaired) electrons. The van der Waals surface area contributed by atoms with Crippen molar-refractivity contribution < 1.29 is 9.13 Å². The van der Waals surface area contributed by atoms with Crippen LogP contribution in [0.4, 0.5) is 4.39 Å². The molecule has 0 saturated carbocycles. The topological polar surface area (TPSA) is 9.23 Å². The second-order valence-corrected chi connectivity index (χ2v) is 5.68. The van der Waals surface area contributed by atoms with E-state index in [4.69, 9.17) is 4.74 Å². The molecule has 0 aliphatic heterocycles. The number of benzene rings is 1. The molecule has 1 aromatic carbocycles. The van der Waals surface area contributed by atoms with Crippen LogP contribution in [0.3, 0.4) is 0 Å². The van der Waals surface area contributed by atoms with Gasteiger partial charge in [-0.05, 0) is 12.5 Å². The van der Waals surface area contributed by atoms with Crippen LogP contribution in [0.2, 0.25) is 0 Å². The minimum Gasteiger partial charge on any atom is -0.373 e. The molecule has 0 heterocycles. The molecule has 1 unspecified atom stereocenters. The Hall–Kier alpha value is -0.160. The first-order chi connectivity index (χ1) is 9.29. The summed E-state index contributed by atoms with van der Waals surface area (Å²) in [5.41, 5.74) is 0.683. The summed E-state index contributed by atoms with van der Waals surface area (Å²) in [6.07, 6.45) is 7.38. The lowest BCUT2D eigenvalue weighted by Crippen LogP contribution is -2.09. The summed E-state index contributed by atoms with van der Waals surface area (Å²) in [6.45, 7) is 2.96. The Bertz CT molecular complexity index is 343. The van der Waals surface area contributed by atoms with Gasteiger partial charge in [0.15, 0.2) is 0 Å². The van der Waals surface area contributed by atoms with Crippen molar-refractivity contribution in [2.45, 2.75) is 51.6 Å².